The number of unbranched alkanes of at least 4 members (excludes halogenated alkanes) is 5. The molecule has 1 aliphatic carbocycles. The maximum absolute atomic E-state index is 13.1. The number of hydrogen-bond donors (Lipinski definition) is 0. The van der Waals surface area contributed by atoms with Crippen LogP contribution in [0.4, 0.5) is 0 Å². The highest BCUT2D eigenvalue weighted by Crippen LogP contribution is 2.43. The molecule has 0 fully saturated rings. The predicted molar refractivity (Wildman–Crippen MR) is 123 cm³/mol. The lowest BCUT2D eigenvalue weighted by molar-refractivity contribution is -0.161. The van der Waals surface area contributed by atoms with Gasteiger partial charge < -0.3 is 9.47 Å². The van der Waals surface area contributed by atoms with Gasteiger partial charge in [0.25, 0.3) is 0 Å². The van der Waals surface area contributed by atoms with Crippen LogP contribution in [-0.4, -0.2) is 25.2 Å². The standard InChI is InChI=1S/C26H46O4/c1-7-9-11-13-15-22-16-21(14-12-10-8-2)23(25(27)29-17-19(3)4)24(22)26(28)30-18-20(5)6/h16,19-21,23-24H,7-15,17-18H2,1-6H3. The Hall–Kier alpha value is -1.32. The van der Waals surface area contributed by atoms with E-state index in [0.29, 0.717) is 13.2 Å². The second-order valence-corrected chi connectivity index (χ2v) is 9.76. The minimum Gasteiger partial charge on any atom is -0.465 e. The molecule has 0 spiro atoms. The molecule has 0 saturated carbocycles. The van der Waals surface area contributed by atoms with E-state index >= 15 is 0 Å². The Morgan fingerprint density at radius 1 is 0.833 bits per heavy atom. The Balaban J connectivity index is 3.04. The van der Waals surface area contributed by atoms with Crippen LogP contribution in [0.25, 0.3) is 0 Å². The van der Waals surface area contributed by atoms with E-state index in [1.54, 1.807) is 0 Å². The first-order valence-corrected chi connectivity index (χ1v) is 12.4. The zero-order valence-electron chi connectivity index (χ0n) is 20.4. The smallest absolute Gasteiger partial charge is 0.313 e. The van der Waals surface area contributed by atoms with Gasteiger partial charge in [0.15, 0.2) is 0 Å². The monoisotopic (exact) mass is 422 g/mol. The highest BCUT2D eigenvalue weighted by molar-refractivity contribution is 5.86. The Morgan fingerprint density at radius 3 is 1.97 bits per heavy atom. The second kappa shape index (κ2) is 14.6. The molecule has 0 heterocycles. The van der Waals surface area contributed by atoms with Crippen LogP contribution < -0.4 is 0 Å². The van der Waals surface area contributed by atoms with Crippen LogP contribution in [0.3, 0.4) is 0 Å². The molecule has 0 aromatic rings. The SMILES string of the molecule is CCCCCCC1=CC(CCCCC)C(C(=O)OCC(C)C)C1C(=O)OCC(C)C. The molecule has 0 N–H and O–H groups in total. The summed E-state index contributed by atoms with van der Waals surface area (Å²) < 4.78 is 11.3. The van der Waals surface area contributed by atoms with Gasteiger partial charge in [0, 0.05) is 0 Å². The number of ether oxygens (including phenoxy) is 2. The van der Waals surface area contributed by atoms with Gasteiger partial charge in [-0.25, -0.2) is 0 Å². The molecule has 0 aromatic heterocycles. The van der Waals surface area contributed by atoms with E-state index in [1.165, 1.54) is 12.8 Å². The first kappa shape index (κ1) is 26.7. The summed E-state index contributed by atoms with van der Waals surface area (Å²) in [5, 5.41) is 0. The van der Waals surface area contributed by atoms with Crippen molar-refractivity contribution in [2.75, 3.05) is 13.2 Å². The lowest BCUT2D eigenvalue weighted by Gasteiger charge is -2.25. The van der Waals surface area contributed by atoms with Crippen molar-refractivity contribution in [3.8, 4) is 0 Å². The van der Waals surface area contributed by atoms with E-state index in [1.807, 2.05) is 27.7 Å². The molecule has 0 aliphatic heterocycles. The average Bonchev–Trinajstić information content (AvgIpc) is 3.06. The van der Waals surface area contributed by atoms with Gasteiger partial charge in [-0.1, -0.05) is 91.7 Å². The molecular weight excluding hydrogens is 376 g/mol. The summed E-state index contributed by atoms with van der Waals surface area (Å²) >= 11 is 0. The minimum absolute atomic E-state index is 0.0778. The first-order valence-electron chi connectivity index (χ1n) is 12.4. The maximum Gasteiger partial charge on any atom is 0.313 e. The molecule has 3 unspecified atom stereocenters. The van der Waals surface area contributed by atoms with E-state index in [0.717, 1.165) is 50.5 Å². The third-order valence-corrected chi connectivity index (χ3v) is 5.75. The number of carbonyl (C=O) groups excluding carboxylic acids is 2. The van der Waals surface area contributed by atoms with Crippen molar-refractivity contribution in [1.82, 2.24) is 0 Å². The largest absolute Gasteiger partial charge is 0.465 e. The Morgan fingerprint density at radius 2 is 1.40 bits per heavy atom. The molecule has 174 valence electrons. The molecular formula is C26H46O4. The molecule has 1 aliphatic rings. The van der Waals surface area contributed by atoms with Crippen molar-refractivity contribution in [2.24, 2.45) is 29.6 Å². The van der Waals surface area contributed by atoms with Gasteiger partial charge in [-0.15, -0.1) is 0 Å². The van der Waals surface area contributed by atoms with Crippen LogP contribution in [0.2, 0.25) is 0 Å². The lowest BCUT2D eigenvalue weighted by Crippen LogP contribution is -2.35. The van der Waals surface area contributed by atoms with Gasteiger partial charge in [0.2, 0.25) is 0 Å². The van der Waals surface area contributed by atoms with Crippen molar-refractivity contribution >= 4 is 11.9 Å². The molecule has 1 rings (SSSR count). The Kier molecular flexibility index (Phi) is 13.0. The minimum atomic E-state index is -0.475. The van der Waals surface area contributed by atoms with Crippen molar-refractivity contribution in [1.29, 1.82) is 0 Å². The molecule has 4 nitrogen and oxygen atoms in total. The maximum atomic E-state index is 13.1. The van der Waals surface area contributed by atoms with Crippen molar-refractivity contribution in [2.45, 2.75) is 99.3 Å². The summed E-state index contributed by atoms with van der Waals surface area (Å²) in [4.78, 5) is 26.2. The zero-order valence-corrected chi connectivity index (χ0v) is 20.4. The van der Waals surface area contributed by atoms with Crippen molar-refractivity contribution in [3.63, 3.8) is 0 Å². The molecule has 0 bridgehead atoms. The summed E-state index contributed by atoms with van der Waals surface area (Å²) in [6, 6.07) is 0. The highest BCUT2D eigenvalue weighted by atomic mass is 16.5. The van der Waals surface area contributed by atoms with Gasteiger partial charge in [-0.05, 0) is 37.0 Å². The Labute approximate surface area is 185 Å². The molecule has 0 aromatic carbocycles. The normalized spacial score (nSPS) is 21.2. The third kappa shape index (κ3) is 9.22. The van der Waals surface area contributed by atoms with Crippen LogP contribution in [0.15, 0.2) is 11.6 Å². The van der Waals surface area contributed by atoms with E-state index in [4.69, 9.17) is 9.47 Å². The fraction of sp³-hybridized carbons (Fsp3) is 0.846. The molecule has 0 radical (unpaired) electrons. The lowest BCUT2D eigenvalue weighted by atomic mass is 9.82. The number of hydrogen-bond acceptors (Lipinski definition) is 4. The molecule has 4 heteroatoms. The third-order valence-electron chi connectivity index (χ3n) is 5.75. The van der Waals surface area contributed by atoms with Gasteiger partial charge in [0.1, 0.15) is 0 Å². The molecule has 0 saturated heterocycles. The Bertz CT molecular complexity index is 535. The van der Waals surface area contributed by atoms with Crippen molar-refractivity contribution < 1.29 is 19.1 Å². The summed E-state index contributed by atoms with van der Waals surface area (Å²) in [5.41, 5.74) is 1.10. The summed E-state index contributed by atoms with van der Waals surface area (Å²) in [6.07, 6.45) is 12.0. The van der Waals surface area contributed by atoms with Gasteiger partial charge in [0.05, 0.1) is 25.0 Å². The number of allylic oxidation sites excluding steroid dienone is 1. The van der Waals surface area contributed by atoms with Gasteiger partial charge in [-0.3, -0.25) is 9.59 Å². The molecule has 0 amide bonds. The second-order valence-electron chi connectivity index (χ2n) is 9.76. The number of carbonyl (C=O) groups is 2. The number of esters is 2. The fourth-order valence-electron chi connectivity index (χ4n) is 4.14. The molecule has 3 atom stereocenters. The number of rotatable bonds is 15. The first-order chi connectivity index (χ1) is 14.3. The van der Waals surface area contributed by atoms with Crippen LogP contribution in [0, 0.1) is 29.6 Å². The van der Waals surface area contributed by atoms with E-state index in [2.05, 4.69) is 19.9 Å². The van der Waals surface area contributed by atoms with Crippen LogP contribution in [0.5, 0.6) is 0 Å². The fourth-order valence-corrected chi connectivity index (χ4v) is 4.14. The van der Waals surface area contributed by atoms with E-state index in [-0.39, 0.29) is 29.7 Å². The van der Waals surface area contributed by atoms with Crippen LogP contribution >= 0.6 is 0 Å². The summed E-state index contributed by atoms with van der Waals surface area (Å²) in [6.45, 7) is 13.3. The zero-order chi connectivity index (χ0) is 22.5. The topological polar surface area (TPSA) is 52.6 Å². The molecule has 30 heavy (non-hydrogen) atoms. The van der Waals surface area contributed by atoms with Crippen LogP contribution in [-0.2, 0) is 19.1 Å². The summed E-state index contributed by atoms with van der Waals surface area (Å²) in [7, 11) is 0. The van der Waals surface area contributed by atoms with E-state index in [9.17, 15) is 9.59 Å². The van der Waals surface area contributed by atoms with Crippen LogP contribution in [0.1, 0.15) is 99.3 Å². The van der Waals surface area contributed by atoms with Gasteiger partial charge in [-0.2, -0.15) is 0 Å². The average molecular weight is 423 g/mol. The summed E-state index contributed by atoms with van der Waals surface area (Å²) in [5.74, 6) is -0.737. The predicted octanol–water partition coefficient (Wildman–Crippen LogP) is 6.72. The highest BCUT2D eigenvalue weighted by Gasteiger charge is 2.46. The van der Waals surface area contributed by atoms with E-state index < -0.39 is 11.8 Å². The quantitative estimate of drug-likeness (QED) is 0.167. The van der Waals surface area contributed by atoms with Gasteiger partial charge >= 0.3 is 11.9 Å². The van der Waals surface area contributed by atoms with Crippen molar-refractivity contribution in [3.05, 3.63) is 11.6 Å².